The van der Waals surface area contributed by atoms with E-state index in [1.54, 1.807) is 34.9 Å². The lowest BCUT2D eigenvalue weighted by atomic mass is 10.1. The van der Waals surface area contributed by atoms with Gasteiger partial charge in [-0.05, 0) is 36.4 Å². The van der Waals surface area contributed by atoms with Crippen LogP contribution in [-0.2, 0) is 0 Å². The minimum Gasteiger partial charge on any atom is -0.435 e. The van der Waals surface area contributed by atoms with E-state index in [0.29, 0.717) is 27.7 Å². The molecule has 0 aliphatic heterocycles. The Morgan fingerprint density at radius 3 is 2.52 bits per heavy atom. The molecule has 0 unspecified atom stereocenters. The Balaban J connectivity index is 2.04. The summed E-state index contributed by atoms with van der Waals surface area (Å²) in [6.45, 7) is -2.85. The Labute approximate surface area is 123 Å². The van der Waals surface area contributed by atoms with Crippen molar-refractivity contribution in [3.63, 3.8) is 0 Å². The molecule has 0 saturated heterocycles. The van der Waals surface area contributed by atoms with E-state index in [-0.39, 0.29) is 5.75 Å². The average molecular weight is 310 g/mol. The number of nitrogen functional groups attached to an aromatic ring is 1. The van der Waals surface area contributed by atoms with Crippen molar-refractivity contribution in [2.24, 2.45) is 0 Å². The molecule has 3 rings (SSSR count). The van der Waals surface area contributed by atoms with E-state index in [1.165, 1.54) is 12.1 Å². The molecule has 2 heterocycles. The lowest BCUT2D eigenvalue weighted by Gasteiger charge is -2.05. The third-order valence-corrected chi connectivity index (χ3v) is 3.29. The summed E-state index contributed by atoms with van der Waals surface area (Å²) < 4.78 is 30.2. The number of nitrogens with zero attached hydrogens (tertiary/aromatic N) is 2. The van der Waals surface area contributed by atoms with E-state index in [2.05, 4.69) is 9.72 Å². The van der Waals surface area contributed by atoms with Crippen molar-refractivity contribution in [2.45, 2.75) is 6.61 Å². The first kappa shape index (κ1) is 13.6. The number of fused-ring (bicyclic) bond motifs is 1. The highest BCUT2D eigenvalue weighted by Gasteiger charge is 2.13. The maximum absolute atomic E-state index is 12.1. The fourth-order valence-electron chi connectivity index (χ4n) is 2.06. The Morgan fingerprint density at radius 2 is 1.90 bits per heavy atom. The number of rotatable bonds is 3. The summed E-state index contributed by atoms with van der Waals surface area (Å²) in [5.74, 6) is 0.504. The van der Waals surface area contributed by atoms with Crippen LogP contribution >= 0.6 is 11.6 Å². The van der Waals surface area contributed by atoms with Gasteiger partial charge in [-0.25, -0.2) is 4.98 Å². The van der Waals surface area contributed by atoms with E-state index in [4.69, 9.17) is 17.3 Å². The summed E-state index contributed by atoms with van der Waals surface area (Å²) in [6.07, 6.45) is 1.75. The van der Waals surface area contributed by atoms with Gasteiger partial charge in [0.2, 0.25) is 0 Å². The van der Waals surface area contributed by atoms with Crippen LogP contribution < -0.4 is 10.5 Å². The number of benzene rings is 1. The topological polar surface area (TPSA) is 52.5 Å². The van der Waals surface area contributed by atoms with Crippen LogP contribution in [0.2, 0.25) is 5.02 Å². The predicted octanol–water partition coefficient (Wildman–Crippen LogP) is 3.84. The van der Waals surface area contributed by atoms with Crippen LogP contribution in [0.25, 0.3) is 16.9 Å². The number of halogens is 3. The van der Waals surface area contributed by atoms with Crippen LogP contribution in [0.1, 0.15) is 0 Å². The number of hydrogen-bond acceptors (Lipinski definition) is 3. The average Bonchev–Trinajstić information content (AvgIpc) is 2.78. The molecule has 0 fully saturated rings. The number of imidazole rings is 1. The maximum Gasteiger partial charge on any atom is 0.387 e. The summed E-state index contributed by atoms with van der Waals surface area (Å²) >= 11 is 6.07. The molecule has 7 heteroatoms. The van der Waals surface area contributed by atoms with Crippen molar-refractivity contribution in [2.75, 3.05) is 5.73 Å². The zero-order valence-electron chi connectivity index (χ0n) is 10.6. The van der Waals surface area contributed by atoms with Crippen molar-refractivity contribution in [3.05, 3.63) is 47.6 Å². The number of anilines is 1. The van der Waals surface area contributed by atoms with Gasteiger partial charge in [-0.1, -0.05) is 11.6 Å². The van der Waals surface area contributed by atoms with Crippen molar-refractivity contribution in [1.29, 1.82) is 0 Å². The second kappa shape index (κ2) is 5.21. The van der Waals surface area contributed by atoms with Gasteiger partial charge in [0, 0.05) is 11.8 Å². The fourth-order valence-corrected chi connectivity index (χ4v) is 2.27. The van der Waals surface area contributed by atoms with Gasteiger partial charge < -0.3 is 10.5 Å². The zero-order chi connectivity index (χ0) is 15.0. The Hall–Kier alpha value is -2.34. The van der Waals surface area contributed by atoms with Gasteiger partial charge in [0.05, 0.1) is 5.02 Å². The lowest BCUT2D eigenvalue weighted by Crippen LogP contribution is -2.01. The van der Waals surface area contributed by atoms with Crippen molar-refractivity contribution < 1.29 is 13.5 Å². The van der Waals surface area contributed by atoms with Crippen LogP contribution in [0.4, 0.5) is 14.6 Å². The second-order valence-corrected chi connectivity index (χ2v) is 4.71. The van der Waals surface area contributed by atoms with Gasteiger partial charge in [-0.2, -0.15) is 8.78 Å². The van der Waals surface area contributed by atoms with E-state index in [0.717, 1.165) is 0 Å². The number of alkyl halides is 2. The molecule has 2 aromatic heterocycles. The molecular weight excluding hydrogens is 300 g/mol. The second-order valence-electron chi connectivity index (χ2n) is 4.30. The monoisotopic (exact) mass is 309 g/mol. The van der Waals surface area contributed by atoms with Gasteiger partial charge in [0.1, 0.15) is 17.3 Å². The van der Waals surface area contributed by atoms with Crippen molar-refractivity contribution >= 4 is 23.1 Å². The number of aromatic nitrogens is 2. The Kier molecular flexibility index (Phi) is 3.39. The van der Waals surface area contributed by atoms with Crippen LogP contribution in [0, 0.1) is 0 Å². The van der Waals surface area contributed by atoms with Crippen LogP contribution in [0.3, 0.4) is 0 Å². The summed E-state index contributed by atoms with van der Waals surface area (Å²) in [5, 5.41) is 0.480. The Morgan fingerprint density at radius 1 is 1.19 bits per heavy atom. The molecule has 3 aromatic rings. The van der Waals surface area contributed by atoms with E-state index in [1.807, 2.05) is 0 Å². The van der Waals surface area contributed by atoms with E-state index < -0.39 is 6.61 Å². The van der Waals surface area contributed by atoms with Crippen LogP contribution in [0.15, 0.2) is 42.6 Å². The highest BCUT2D eigenvalue weighted by molar-refractivity contribution is 6.33. The summed E-state index contributed by atoms with van der Waals surface area (Å²) in [5.41, 5.74) is 7.81. The molecule has 0 radical (unpaired) electrons. The number of nitrogens with two attached hydrogens (primary N) is 1. The number of hydrogen-bond donors (Lipinski definition) is 1. The SMILES string of the molecule is Nc1c(-c2ccc(OC(F)F)cc2)nc2c(Cl)cccn12. The van der Waals surface area contributed by atoms with Gasteiger partial charge in [0.25, 0.3) is 0 Å². The normalized spacial score (nSPS) is 11.2. The third kappa shape index (κ3) is 2.50. The molecule has 21 heavy (non-hydrogen) atoms. The van der Waals surface area contributed by atoms with Gasteiger partial charge in [0.15, 0.2) is 5.65 Å². The molecule has 0 amide bonds. The molecule has 0 saturated carbocycles. The number of ether oxygens (including phenoxy) is 1. The lowest BCUT2D eigenvalue weighted by molar-refractivity contribution is -0.0498. The predicted molar refractivity (Wildman–Crippen MR) is 76.7 cm³/mol. The van der Waals surface area contributed by atoms with Crippen LogP contribution in [0.5, 0.6) is 5.75 Å². The summed E-state index contributed by atoms with van der Waals surface area (Å²) in [4.78, 5) is 4.39. The quantitative estimate of drug-likeness (QED) is 0.800. The number of pyridine rings is 1. The van der Waals surface area contributed by atoms with Gasteiger partial charge in [-0.15, -0.1) is 0 Å². The van der Waals surface area contributed by atoms with Crippen molar-refractivity contribution in [3.8, 4) is 17.0 Å². The largest absolute Gasteiger partial charge is 0.435 e. The molecule has 108 valence electrons. The molecule has 0 spiro atoms. The minimum absolute atomic E-state index is 0.0779. The summed E-state index contributed by atoms with van der Waals surface area (Å²) in [6, 6.07) is 9.58. The molecule has 1 aromatic carbocycles. The van der Waals surface area contributed by atoms with Crippen LogP contribution in [-0.4, -0.2) is 16.0 Å². The molecule has 2 N–H and O–H groups in total. The maximum atomic E-state index is 12.1. The molecule has 0 aliphatic carbocycles. The molecule has 0 atom stereocenters. The highest BCUT2D eigenvalue weighted by Crippen LogP contribution is 2.30. The first-order chi connectivity index (χ1) is 10.1. The highest BCUT2D eigenvalue weighted by atomic mass is 35.5. The minimum atomic E-state index is -2.85. The Bertz CT molecular complexity index is 787. The van der Waals surface area contributed by atoms with E-state index in [9.17, 15) is 8.78 Å². The third-order valence-electron chi connectivity index (χ3n) is 2.99. The molecule has 0 bridgehead atoms. The van der Waals surface area contributed by atoms with Gasteiger partial charge in [-0.3, -0.25) is 4.40 Å². The zero-order valence-corrected chi connectivity index (χ0v) is 11.4. The first-order valence-corrected chi connectivity index (χ1v) is 6.41. The molecule has 0 aliphatic rings. The molecule has 4 nitrogen and oxygen atoms in total. The van der Waals surface area contributed by atoms with E-state index >= 15 is 0 Å². The fraction of sp³-hybridized carbons (Fsp3) is 0.0714. The van der Waals surface area contributed by atoms with Gasteiger partial charge >= 0.3 is 6.61 Å². The summed E-state index contributed by atoms with van der Waals surface area (Å²) in [7, 11) is 0. The molecular formula is C14H10ClF2N3O. The first-order valence-electron chi connectivity index (χ1n) is 6.03. The van der Waals surface area contributed by atoms with Crippen molar-refractivity contribution in [1.82, 2.24) is 9.38 Å². The standard InChI is InChI=1S/C14H10ClF2N3O/c15-10-2-1-7-20-12(18)11(19-13(10)20)8-3-5-9(6-4-8)21-14(16)17/h1-7,14H,18H2. The smallest absolute Gasteiger partial charge is 0.387 e.